The fourth-order valence-electron chi connectivity index (χ4n) is 6.21. The second-order valence-corrected chi connectivity index (χ2v) is 10.7. The van der Waals surface area contributed by atoms with Crippen LogP contribution in [0, 0.1) is 27.7 Å². The van der Waals surface area contributed by atoms with Gasteiger partial charge in [0, 0.05) is 0 Å². The summed E-state index contributed by atoms with van der Waals surface area (Å²) in [6, 6.07) is 5.03. The first-order valence-corrected chi connectivity index (χ1v) is 11.9. The summed E-state index contributed by atoms with van der Waals surface area (Å²) in [5.41, 5.74) is 12.2. The van der Waals surface area contributed by atoms with Gasteiger partial charge in [0.2, 0.25) is 0 Å². The van der Waals surface area contributed by atoms with Crippen LogP contribution in [0.5, 0.6) is 0 Å². The summed E-state index contributed by atoms with van der Waals surface area (Å²) in [5, 5.41) is 5.79. The van der Waals surface area contributed by atoms with Crippen molar-refractivity contribution >= 4 is 21.5 Å². The Morgan fingerprint density at radius 1 is 0.367 bits per heavy atom. The van der Waals surface area contributed by atoms with E-state index < -0.39 is 0 Å². The van der Waals surface area contributed by atoms with E-state index >= 15 is 0 Å². The maximum atomic E-state index is 2.52. The second kappa shape index (κ2) is 8.03. The molecular weight excluding hydrogens is 360 g/mol. The number of rotatable bonds is 4. The smallest absolute Gasteiger partial charge is 0.0143 e. The van der Waals surface area contributed by atoms with Crippen LogP contribution >= 0.6 is 0 Å². The minimum absolute atomic E-state index is 0.540. The highest BCUT2D eigenvalue weighted by molar-refractivity contribution is 6.05. The van der Waals surface area contributed by atoms with Crippen molar-refractivity contribution in [1.29, 1.82) is 0 Å². The third-order valence-electron chi connectivity index (χ3n) is 7.28. The molecule has 0 aliphatic carbocycles. The summed E-state index contributed by atoms with van der Waals surface area (Å²) < 4.78 is 0. The molecule has 0 spiro atoms. The molecule has 0 unspecified atom stereocenters. The SMILES string of the molecule is Cc1c(C(C)C)c(C(C)C)c(C)c2cc3c(C)c(C(C)C)c(C(C)C)c(C)c3cc12. The molecule has 0 heterocycles. The minimum Gasteiger partial charge on any atom is -0.0587 e. The normalized spacial score (nSPS) is 12.5. The summed E-state index contributed by atoms with van der Waals surface area (Å²) >= 11 is 0. The minimum atomic E-state index is 0.540. The maximum Gasteiger partial charge on any atom is -0.0143 e. The summed E-state index contributed by atoms with van der Waals surface area (Å²) in [4.78, 5) is 0. The lowest BCUT2D eigenvalue weighted by Gasteiger charge is -2.27. The van der Waals surface area contributed by atoms with Gasteiger partial charge in [0.1, 0.15) is 0 Å². The number of hydrogen-bond acceptors (Lipinski definition) is 0. The van der Waals surface area contributed by atoms with E-state index in [0.717, 1.165) is 0 Å². The maximum absolute atomic E-state index is 2.52. The molecule has 0 bridgehead atoms. The van der Waals surface area contributed by atoms with E-state index in [1.807, 2.05) is 0 Å². The van der Waals surface area contributed by atoms with Crippen LogP contribution in [0.1, 0.15) is 124 Å². The molecule has 0 nitrogen and oxygen atoms in total. The Morgan fingerprint density at radius 3 is 0.667 bits per heavy atom. The number of hydrogen-bond donors (Lipinski definition) is 0. The van der Waals surface area contributed by atoms with Crippen molar-refractivity contribution in [2.45, 2.75) is 107 Å². The molecule has 0 fully saturated rings. The first-order chi connectivity index (χ1) is 13.9. The van der Waals surface area contributed by atoms with E-state index in [-0.39, 0.29) is 0 Å². The highest BCUT2D eigenvalue weighted by atomic mass is 14.3. The van der Waals surface area contributed by atoms with E-state index in [9.17, 15) is 0 Å². The van der Waals surface area contributed by atoms with Gasteiger partial charge in [-0.2, -0.15) is 0 Å². The van der Waals surface area contributed by atoms with Crippen molar-refractivity contribution < 1.29 is 0 Å². The summed E-state index contributed by atoms with van der Waals surface area (Å²) in [5.74, 6) is 2.16. The van der Waals surface area contributed by atoms with Gasteiger partial charge >= 0.3 is 0 Å². The van der Waals surface area contributed by atoms with Crippen molar-refractivity contribution in [3.05, 3.63) is 56.6 Å². The summed E-state index contributed by atoms with van der Waals surface area (Å²) in [6.45, 7) is 28.2. The third kappa shape index (κ3) is 3.37. The molecule has 3 rings (SSSR count). The lowest BCUT2D eigenvalue weighted by molar-refractivity contribution is 0.779. The Kier molecular flexibility index (Phi) is 6.11. The Balaban J connectivity index is 2.61. The molecule has 0 amide bonds. The van der Waals surface area contributed by atoms with Crippen LogP contribution < -0.4 is 0 Å². The molecule has 0 aliphatic heterocycles. The molecule has 3 aromatic carbocycles. The summed E-state index contributed by atoms with van der Waals surface area (Å²) in [7, 11) is 0. The van der Waals surface area contributed by atoms with Crippen molar-refractivity contribution in [2.75, 3.05) is 0 Å². The zero-order valence-corrected chi connectivity index (χ0v) is 21.5. The van der Waals surface area contributed by atoms with Gasteiger partial charge < -0.3 is 0 Å². The van der Waals surface area contributed by atoms with E-state index in [4.69, 9.17) is 0 Å². The molecule has 0 aromatic heterocycles. The molecule has 0 N–H and O–H groups in total. The number of aryl methyl sites for hydroxylation is 4. The predicted octanol–water partition coefficient (Wildman–Crippen LogP) is 9.72. The second-order valence-electron chi connectivity index (χ2n) is 10.7. The van der Waals surface area contributed by atoms with E-state index in [1.165, 1.54) is 43.8 Å². The molecule has 0 saturated heterocycles. The standard InChI is InChI=1S/C30H42/c1-15(2)27-19(9)23-13-25-21(11)29(17(5)6)30(18(7)8)22(12)26(25)14-24(23)20(10)28(27)16(3)4/h13-18H,1-12H3. The topological polar surface area (TPSA) is 0 Å². The highest BCUT2D eigenvalue weighted by Gasteiger charge is 2.23. The van der Waals surface area contributed by atoms with Crippen molar-refractivity contribution in [1.82, 2.24) is 0 Å². The lowest BCUT2D eigenvalue weighted by atomic mass is 9.77. The van der Waals surface area contributed by atoms with Crippen LogP contribution in [0.15, 0.2) is 12.1 Å². The van der Waals surface area contributed by atoms with Gasteiger partial charge in [-0.05, 0) is 130 Å². The van der Waals surface area contributed by atoms with Crippen LogP contribution in [-0.2, 0) is 0 Å². The van der Waals surface area contributed by atoms with Gasteiger partial charge in [0.25, 0.3) is 0 Å². The Hall–Kier alpha value is -1.82. The molecule has 3 aromatic rings. The van der Waals surface area contributed by atoms with Gasteiger partial charge in [0.15, 0.2) is 0 Å². The van der Waals surface area contributed by atoms with E-state index in [2.05, 4.69) is 95.2 Å². The summed E-state index contributed by atoms with van der Waals surface area (Å²) in [6.07, 6.45) is 0. The van der Waals surface area contributed by atoms with Crippen LogP contribution in [0.4, 0.5) is 0 Å². The van der Waals surface area contributed by atoms with Crippen molar-refractivity contribution in [2.24, 2.45) is 0 Å². The Bertz CT molecular complexity index is 944. The average molecular weight is 403 g/mol. The Morgan fingerprint density at radius 2 is 0.533 bits per heavy atom. The molecule has 0 saturated carbocycles. The molecule has 0 radical (unpaired) electrons. The quantitative estimate of drug-likeness (QED) is 0.381. The van der Waals surface area contributed by atoms with Crippen LogP contribution in [0.25, 0.3) is 21.5 Å². The Labute approximate surface area is 185 Å². The average Bonchev–Trinajstić information content (AvgIpc) is 2.64. The molecule has 0 aliphatic rings. The van der Waals surface area contributed by atoms with E-state index in [0.29, 0.717) is 23.7 Å². The number of fused-ring (bicyclic) bond motifs is 2. The van der Waals surface area contributed by atoms with E-state index in [1.54, 1.807) is 22.3 Å². The predicted molar refractivity (Wildman–Crippen MR) is 137 cm³/mol. The van der Waals surface area contributed by atoms with Crippen molar-refractivity contribution in [3.63, 3.8) is 0 Å². The molecular formula is C30H42. The van der Waals surface area contributed by atoms with Crippen molar-refractivity contribution in [3.8, 4) is 0 Å². The first kappa shape index (κ1) is 22.9. The monoisotopic (exact) mass is 402 g/mol. The van der Waals surface area contributed by atoms with Gasteiger partial charge in [-0.15, -0.1) is 0 Å². The molecule has 0 heteroatoms. The van der Waals surface area contributed by atoms with Gasteiger partial charge in [0.05, 0.1) is 0 Å². The molecule has 0 atom stereocenters. The van der Waals surface area contributed by atoms with Gasteiger partial charge in [-0.3, -0.25) is 0 Å². The van der Waals surface area contributed by atoms with Crippen LogP contribution in [0.3, 0.4) is 0 Å². The molecule has 162 valence electrons. The number of benzene rings is 3. The first-order valence-electron chi connectivity index (χ1n) is 11.9. The zero-order chi connectivity index (χ0) is 22.7. The fourth-order valence-corrected chi connectivity index (χ4v) is 6.21. The highest BCUT2D eigenvalue weighted by Crippen LogP contribution is 2.43. The third-order valence-corrected chi connectivity index (χ3v) is 7.28. The zero-order valence-electron chi connectivity index (χ0n) is 21.5. The molecule has 30 heavy (non-hydrogen) atoms. The van der Waals surface area contributed by atoms with Crippen LogP contribution in [-0.4, -0.2) is 0 Å². The lowest BCUT2D eigenvalue weighted by Crippen LogP contribution is -2.08. The van der Waals surface area contributed by atoms with Crippen LogP contribution in [0.2, 0.25) is 0 Å². The fraction of sp³-hybridized carbons (Fsp3) is 0.533. The largest absolute Gasteiger partial charge is 0.0587 e. The van der Waals surface area contributed by atoms with Gasteiger partial charge in [-0.1, -0.05) is 55.4 Å². The van der Waals surface area contributed by atoms with Gasteiger partial charge in [-0.25, -0.2) is 0 Å².